The number of halogens is 1. The number of rotatable bonds is 8. The quantitative estimate of drug-likeness (QED) is 0.713. The SMILES string of the molecule is CCCNCCNC(=O)C1=Cc2cccc(OCC)c2OC1.Cl. The van der Waals surface area contributed by atoms with Gasteiger partial charge in [-0.3, -0.25) is 4.79 Å². The molecular weight excluding hydrogens is 316 g/mol. The van der Waals surface area contributed by atoms with Gasteiger partial charge in [0.2, 0.25) is 0 Å². The number of fused-ring (bicyclic) bond motifs is 1. The van der Waals surface area contributed by atoms with Crippen molar-refractivity contribution < 1.29 is 14.3 Å². The number of hydrogen-bond donors (Lipinski definition) is 2. The molecule has 1 amide bonds. The normalized spacial score (nSPS) is 12.3. The smallest absolute Gasteiger partial charge is 0.250 e. The molecule has 0 unspecified atom stereocenters. The Kier molecular flexibility index (Phi) is 8.51. The van der Waals surface area contributed by atoms with Crippen LogP contribution in [0.5, 0.6) is 11.5 Å². The van der Waals surface area contributed by atoms with Gasteiger partial charge in [0, 0.05) is 18.7 Å². The highest BCUT2D eigenvalue weighted by atomic mass is 35.5. The van der Waals surface area contributed by atoms with Crippen molar-refractivity contribution in [1.29, 1.82) is 0 Å². The number of nitrogens with one attached hydrogen (secondary N) is 2. The van der Waals surface area contributed by atoms with E-state index < -0.39 is 0 Å². The van der Waals surface area contributed by atoms with Gasteiger partial charge in [-0.1, -0.05) is 19.1 Å². The van der Waals surface area contributed by atoms with Gasteiger partial charge in [-0.25, -0.2) is 0 Å². The lowest BCUT2D eigenvalue weighted by Gasteiger charge is -2.20. The van der Waals surface area contributed by atoms with Crippen LogP contribution in [0.15, 0.2) is 23.8 Å². The minimum atomic E-state index is -0.0780. The van der Waals surface area contributed by atoms with Gasteiger partial charge in [0.25, 0.3) is 5.91 Å². The maximum atomic E-state index is 12.1. The number of benzene rings is 1. The first kappa shape index (κ1) is 19.3. The Bertz CT molecular complexity index is 547. The number of carbonyl (C=O) groups excluding carboxylic acids is 1. The Morgan fingerprint density at radius 3 is 2.83 bits per heavy atom. The fourth-order valence-electron chi connectivity index (χ4n) is 2.26. The molecule has 0 saturated carbocycles. The van der Waals surface area contributed by atoms with Gasteiger partial charge in [-0.05, 0) is 32.0 Å². The molecule has 6 heteroatoms. The second-order valence-electron chi connectivity index (χ2n) is 5.07. The van der Waals surface area contributed by atoms with E-state index in [-0.39, 0.29) is 24.9 Å². The maximum absolute atomic E-state index is 12.1. The van der Waals surface area contributed by atoms with Crippen LogP contribution in [-0.4, -0.2) is 38.8 Å². The van der Waals surface area contributed by atoms with E-state index in [1.54, 1.807) is 0 Å². The first-order chi connectivity index (χ1) is 10.8. The molecule has 0 aromatic heterocycles. The number of amides is 1. The highest BCUT2D eigenvalue weighted by Crippen LogP contribution is 2.35. The molecule has 128 valence electrons. The van der Waals surface area contributed by atoms with Crippen molar-refractivity contribution in [3.05, 3.63) is 29.3 Å². The molecular formula is C17H25ClN2O3. The minimum Gasteiger partial charge on any atom is -0.490 e. The topological polar surface area (TPSA) is 59.6 Å². The summed E-state index contributed by atoms with van der Waals surface area (Å²) in [6.07, 6.45) is 2.96. The summed E-state index contributed by atoms with van der Waals surface area (Å²) in [6.45, 7) is 7.26. The highest BCUT2D eigenvalue weighted by Gasteiger charge is 2.19. The molecule has 0 aliphatic carbocycles. The van der Waals surface area contributed by atoms with Crippen molar-refractivity contribution >= 4 is 24.4 Å². The second kappa shape index (κ2) is 10.1. The largest absolute Gasteiger partial charge is 0.490 e. The summed E-state index contributed by atoms with van der Waals surface area (Å²) in [5.41, 5.74) is 1.52. The van der Waals surface area contributed by atoms with Crippen molar-refractivity contribution in [2.24, 2.45) is 0 Å². The highest BCUT2D eigenvalue weighted by molar-refractivity contribution is 5.99. The molecule has 2 rings (SSSR count). The van der Waals surface area contributed by atoms with Crippen molar-refractivity contribution in [1.82, 2.24) is 10.6 Å². The summed E-state index contributed by atoms with van der Waals surface area (Å²) in [6, 6.07) is 5.70. The van der Waals surface area contributed by atoms with Gasteiger partial charge >= 0.3 is 0 Å². The van der Waals surface area contributed by atoms with Crippen LogP contribution in [0.25, 0.3) is 6.08 Å². The summed E-state index contributed by atoms with van der Waals surface area (Å²) in [5, 5.41) is 6.15. The zero-order valence-electron chi connectivity index (χ0n) is 13.7. The predicted molar refractivity (Wildman–Crippen MR) is 94.5 cm³/mol. The van der Waals surface area contributed by atoms with Crippen LogP contribution in [0.3, 0.4) is 0 Å². The number of hydrogen-bond acceptors (Lipinski definition) is 4. The molecule has 0 atom stereocenters. The molecule has 1 aromatic rings. The molecule has 1 aliphatic rings. The monoisotopic (exact) mass is 340 g/mol. The van der Waals surface area contributed by atoms with Crippen LogP contribution >= 0.6 is 12.4 Å². The van der Waals surface area contributed by atoms with E-state index in [1.165, 1.54) is 0 Å². The Morgan fingerprint density at radius 1 is 1.26 bits per heavy atom. The van der Waals surface area contributed by atoms with E-state index in [4.69, 9.17) is 9.47 Å². The van der Waals surface area contributed by atoms with Crippen molar-refractivity contribution in [2.45, 2.75) is 20.3 Å². The summed E-state index contributed by atoms with van der Waals surface area (Å²) in [4.78, 5) is 12.1. The average Bonchev–Trinajstić information content (AvgIpc) is 2.54. The molecule has 1 aliphatic heterocycles. The lowest BCUT2D eigenvalue weighted by Crippen LogP contribution is -2.34. The van der Waals surface area contributed by atoms with E-state index in [1.807, 2.05) is 31.2 Å². The fraction of sp³-hybridized carbons (Fsp3) is 0.471. The third-order valence-electron chi connectivity index (χ3n) is 3.32. The minimum absolute atomic E-state index is 0. The van der Waals surface area contributed by atoms with E-state index in [0.29, 0.717) is 24.5 Å². The van der Waals surface area contributed by atoms with Crippen LogP contribution < -0.4 is 20.1 Å². The first-order valence-corrected chi connectivity index (χ1v) is 7.84. The van der Waals surface area contributed by atoms with E-state index in [9.17, 15) is 4.79 Å². The Labute approximate surface area is 143 Å². The van der Waals surface area contributed by atoms with E-state index >= 15 is 0 Å². The Morgan fingerprint density at radius 2 is 2.09 bits per heavy atom. The van der Waals surface area contributed by atoms with Gasteiger partial charge in [0.15, 0.2) is 11.5 Å². The fourth-order valence-corrected chi connectivity index (χ4v) is 2.26. The van der Waals surface area contributed by atoms with Crippen LogP contribution in [0.2, 0.25) is 0 Å². The van der Waals surface area contributed by atoms with Gasteiger partial charge in [-0.2, -0.15) is 0 Å². The van der Waals surface area contributed by atoms with E-state index in [0.717, 1.165) is 30.8 Å². The molecule has 5 nitrogen and oxygen atoms in total. The third kappa shape index (κ3) is 5.44. The number of ether oxygens (including phenoxy) is 2. The van der Waals surface area contributed by atoms with Crippen LogP contribution in [-0.2, 0) is 4.79 Å². The zero-order valence-corrected chi connectivity index (χ0v) is 14.5. The maximum Gasteiger partial charge on any atom is 0.250 e. The number of para-hydroxylation sites is 1. The molecule has 2 N–H and O–H groups in total. The Hall–Kier alpha value is -1.72. The first-order valence-electron chi connectivity index (χ1n) is 7.84. The van der Waals surface area contributed by atoms with Crippen molar-refractivity contribution in [3.63, 3.8) is 0 Å². The van der Waals surface area contributed by atoms with Crippen LogP contribution in [0.4, 0.5) is 0 Å². The molecule has 0 fully saturated rings. The molecule has 0 radical (unpaired) electrons. The second-order valence-corrected chi connectivity index (χ2v) is 5.07. The third-order valence-corrected chi connectivity index (χ3v) is 3.32. The van der Waals surface area contributed by atoms with E-state index in [2.05, 4.69) is 17.6 Å². The lowest BCUT2D eigenvalue weighted by atomic mass is 10.1. The Balaban J connectivity index is 0.00000264. The summed E-state index contributed by atoms with van der Waals surface area (Å²) >= 11 is 0. The standard InChI is InChI=1S/C17H24N2O3.ClH/c1-3-8-18-9-10-19-17(20)14-11-13-6-5-7-15(21-4-2)16(13)22-12-14;/h5-7,11,18H,3-4,8-10,12H2,1-2H3,(H,19,20);1H. The van der Waals surface area contributed by atoms with Crippen LogP contribution in [0.1, 0.15) is 25.8 Å². The molecule has 0 saturated heterocycles. The summed E-state index contributed by atoms with van der Waals surface area (Å²) in [5.74, 6) is 1.36. The van der Waals surface area contributed by atoms with Gasteiger partial charge in [0.1, 0.15) is 6.61 Å². The molecule has 23 heavy (non-hydrogen) atoms. The van der Waals surface area contributed by atoms with Gasteiger partial charge in [0.05, 0.1) is 12.2 Å². The molecule has 0 bridgehead atoms. The molecule has 1 heterocycles. The summed E-state index contributed by atoms with van der Waals surface area (Å²) < 4.78 is 11.3. The zero-order chi connectivity index (χ0) is 15.8. The average molecular weight is 341 g/mol. The predicted octanol–water partition coefficient (Wildman–Crippen LogP) is 2.40. The van der Waals surface area contributed by atoms with Crippen LogP contribution in [0, 0.1) is 0 Å². The molecule has 0 spiro atoms. The lowest BCUT2D eigenvalue weighted by molar-refractivity contribution is -0.117. The number of carbonyl (C=O) groups is 1. The van der Waals surface area contributed by atoms with Gasteiger partial charge in [-0.15, -0.1) is 12.4 Å². The van der Waals surface area contributed by atoms with Gasteiger partial charge < -0.3 is 20.1 Å². The van der Waals surface area contributed by atoms with Crippen molar-refractivity contribution in [3.8, 4) is 11.5 Å². The summed E-state index contributed by atoms with van der Waals surface area (Å²) in [7, 11) is 0. The van der Waals surface area contributed by atoms with Crippen molar-refractivity contribution in [2.75, 3.05) is 32.8 Å². The molecule has 1 aromatic carbocycles.